The number of thiophene rings is 1. The lowest BCUT2D eigenvalue weighted by Crippen LogP contribution is -2.32. The molecule has 6 heteroatoms. The number of hydrogen-bond donors (Lipinski definition) is 1. The van der Waals surface area contributed by atoms with Gasteiger partial charge in [0.1, 0.15) is 0 Å². The molecule has 1 N–H and O–H groups in total. The fourth-order valence-electron chi connectivity index (χ4n) is 2.95. The molecule has 1 fully saturated rings. The molecule has 1 aliphatic rings. The number of amides is 1. The van der Waals surface area contributed by atoms with Crippen molar-refractivity contribution in [2.75, 3.05) is 0 Å². The zero-order chi connectivity index (χ0) is 14.9. The molecule has 0 aromatic carbocycles. The maximum absolute atomic E-state index is 12.4. The quantitative estimate of drug-likeness (QED) is 0.808. The third kappa shape index (κ3) is 2.39. The highest BCUT2D eigenvalue weighted by Crippen LogP contribution is 2.25. The number of carbonyl (C=O) groups is 1. The first kappa shape index (κ1) is 13.5. The van der Waals surface area contributed by atoms with Gasteiger partial charge in [-0.15, -0.1) is 11.3 Å². The summed E-state index contributed by atoms with van der Waals surface area (Å²) in [7, 11) is 0. The van der Waals surface area contributed by atoms with Crippen LogP contribution in [0.5, 0.6) is 0 Å². The smallest absolute Gasteiger partial charge is 0.272 e. The first-order valence-electron chi connectivity index (χ1n) is 7.51. The molecule has 22 heavy (non-hydrogen) atoms. The van der Waals surface area contributed by atoms with Crippen molar-refractivity contribution in [1.82, 2.24) is 19.9 Å². The lowest BCUT2D eigenvalue weighted by Gasteiger charge is -2.09. The molecule has 0 atom stereocenters. The maximum atomic E-state index is 12.4. The molecule has 112 valence electrons. The Morgan fingerprint density at radius 3 is 2.95 bits per heavy atom. The summed E-state index contributed by atoms with van der Waals surface area (Å²) in [5.74, 6) is -0.102. The van der Waals surface area contributed by atoms with E-state index in [0.717, 1.165) is 23.4 Å². The minimum absolute atomic E-state index is 0.102. The Hall–Kier alpha value is -2.21. The van der Waals surface area contributed by atoms with Gasteiger partial charge in [0.05, 0.1) is 10.6 Å². The number of nitrogens with one attached hydrogen (secondary N) is 1. The molecular formula is C16H16N4OS. The van der Waals surface area contributed by atoms with E-state index in [9.17, 15) is 4.79 Å². The van der Waals surface area contributed by atoms with Gasteiger partial charge in [0.2, 0.25) is 0 Å². The van der Waals surface area contributed by atoms with Crippen LogP contribution < -0.4 is 5.32 Å². The minimum atomic E-state index is -0.102. The summed E-state index contributed by atoms with van der Waals surface area (Å²) in [5, 5.41) is 9.56. The van der Waals surface area contributed by atoms with Crippen molar-refractivity contribution in [2.24, 2.45) is 0 Å². The van der Waals surface area contributed by atoms with E-state index in [1.54, 1.807) is 28.1 Å². The third-order valence-corrected chi connectivity index (χ3v) is 4.95. The van der Waals surface area contributed by atoms with Crippen LogP contribution in [0.25, 0.3) is 16.2 Å². The van der Waals surface area contributed by atoms with E-state index in [1.807, 2.05) is 23.6 Å². The molecular weight excluding hydrogens is 296 g/mol. The summed E-state index contributed by atoms with van der Waals surface area (Å²) in [6.45, 7) is 0. The number of fused-ring (bicyclic) bond motifs is 1. The van der Waals surface area contributed by atoms with Crippen LogP contribution in [-0.4, -0.2) is 26.5 Å². The zero-order valence-electron chi connectivity index (χ0n) is 12.0. The van der Waals surface area contributed by atoms with Crippen molar-refractivity contribution in [3.63, 3.8) is 0 Å². The third-order valence-electron chi connectivity index (χ3n) is 4.05. The largest absolute Gasteiger partial charge is 0.348 e. The summed E-state index contributed by atoms with van der Waals surface area (Å²) in [6.07, 6.45) is 6.28. The highest BCUT2D eigenvalue weighted by molar-refractivity contribution is 7.13. The van der Waals surface area contributed by atoms with E-state index in [-0.39, 0.29) is 5.91 Å². The van der Waals surface area contributed by atoms with E-state index < -0.39 is 0 Å². The predicted octanol–water partition coefficient (Wildman–Crippen LogP) is 3.13. The Kier molecular flexibility index (Phi) is 3.38. The molecule has 1 aliphatic carbocycles. The summed E-state index contributed by atoms with van der Waals surface area (Å²) >= 11 is 1.65. The summed E-state index contributed by atoms with van der Waals surface area (Å²) in [5.41, 5.74) is 2.09. The Morgan fingerprint density at radius 1 is 1.32 bits per heavy atom. The molecule has 1 saturated carbocycles. The second-order valence-electron chi connectivity index (χ2n) is 5.56. The van der Waals surface area contributed by atoms with Crippen molar-refractivity contribution in [3.8, 4) is 10.6 Å². The molecule has 0 radical (unpaired) electrons. The average molecular weight is 312 g/mol. The van der Waals surface area contributed by atoms with Crippen LogP contribution >= 0.6 is 11.3 Å². The minimum Gasteiger partial charge on any atom is -0.348 e. The summed E-state index contributed by atoms with van der Waals surface area (Å²) < 4.78 is 1.75. The van der Waals surface area contributed by atoms with Crippen LogP contribution in [0.15, 0.2) is 35.8 Å². The van der Waals surface area contributed by atoms with E-state index in [1.165, 1.54) is 12.8 Å². The summed E-state index contributed by atoms with van der Waals surface area (Å²) in [4.78, 5) is 17.8. The van der Waals surface area contributed by atoms with Gasteiger partial charge in [0.25, 0.3) is 5.91 Å². The van der Waals surface area contributed by atoms with Crippen LogP contribution in [-0.2, 0) is 0 Å². The highest BCUT2D eigenvalue weighted by atomic mass is 32.1. The molecule has 0 saturated heterocycles. The van der Waals surface area contributed by atoms with E-state index in [2.05, 4.69) is 15.4 Å². The van der Waals surface area contributed by atoms with Gasteiger partial charge in [-0.25, -0.2) is 9.50 Å². The standard InChI is InChI=1S/C16H16N4OS/c21-16(18-11-4-1-2-5-11)12-10-15-17-8-7-13(20(15)19-12)14-6-3-9-22-14/h3,6-11H,1-2,4-5H2,(H,18,21). The van der Waals surface area contributed by atoms with E-state index >= 15 is 0 Å². The maximum Gasteiger partial charge on any atom is 0.272 e. The molecule has 3 aromatic rings. The van der Waals surface area contributed by atoms with Crippen LogP contribution in [0, 0.1) is 0 Å². The Bertz CT molecular complexity index is 803. The van der Waals surface area contributed by atoms with Crippen LogP contribution in [0.4, 0.5) is 0 Å². The Balaban J connectivity index is 1.68. The first-order valence-corrected chi connectivity index (χ1v) is 8.39. The van der Waals surface area contributed by atoms with Gasteiger partial charge in [-0.1, -0.05) is 18.9 Å². The van der Waals surface area contributed by atoms with Gasteiger partial charge < -0.3 is 5.32 Å². The molecule has 4 rings (SSSR count). The van der Waals surface area contributed by atoms with Crippen molar-refractivity contribution < 1.29 is 4.79 Å². The van der Waals surface area contributed by atoms with Crippen LogP contribution in [0.2, 0.25) is 0 Å². The average Bonchev–Trinajstić information content (AvgIpc) is 3.27. The van der Waals surface area contributed by atoms with Crippen LogP contribution in [0.1, 0.15) is 36.2 Å². The molecule has 0 aliphatic heterocycles. The van der Waals surface area contributed by atoms with Crippen molar-refractivity contribution in [1.29, 1.82) is 0 Å². The van der Waals surface area contributed by atoms with Crippen molar-refractivity contribution in [2.45, 2.75) is 31.7 Å². The predicted molar refractivity (Wildman–Crippen MR) is 86.0 cm³/mol. The second kappa shape index (κ2) is 5.53. The van der Waals surface area contributed by atoms with Gasteiger partial charge in [0, 0.05) is 18.3 Å². The van der Waals surface area contributed by atoms with Crippen molar-refractivity contribution in [3.05, 3.63) is 41.5 Å². The number of rotatable bonds is 3. The topological polar surface area (TPSA) is 59.3 Å². The first-order chi connectivity index (χ1) is 10.8. The normalized spacial score (nSPS) is 15.5. The molecule has 3 heterocycles. The zero-order valence-corrected chi connectivity index (χ0v) is 12.8. The molecule has 0 bridgehead atoms. The number of carbonyl (C=O) groups excluding carboxylic acids is 1. The molecule has 0 spiro atoms. The fraction of sp³-hybridized carbons (Fsp3) is 0.312. The number of hydrogen-bond acceptors (Lipinski definition) is 4. The van der Waals surface area contributed by atoms with E-state index in [4.69, 9.17) is 0 Å². The molecule has 0 unspecified atom stereocenters. The van der Waals surface area contributed by atoms with Gasteiger partial charge in [-0.05, 0) is 30.4 Å². The van der Waals surface area contributed by atoms with Gasteiger partial charge in [-0.3, -0.25) is 4.79 Å². The lowest BCUT2D eigenvalue weighted by molar-refractivity contribution is 0.0932. The highest BCUT2D eigenvalue weighted by Gasteiger charge is 2.20. The van der Waals surface area contributed by atoms with Crippen molar-refractivity contribution >= 4 is 22.9 Å². The Labute approximate surface area is 132 Å². The second-order valence-corrected chi connectivity index (χ2v) is 6.51. The molecule has 1 amide bonds. The van der Waals surface area contributed by atoms with Crippen LogP contribution in [0.3, 0.4) is 0 Å². The molecule has 5 nitrogen and oxygen atoms in total. The van der Waals surface area contributed by atoms with Gasteiger partial charge in [0.15, 0.2) is 11.3 Å². The molecule has 3 aromatic heterocycles. The Morgan fingerprint density at radius 2 is 2.18 bits per heavy atom. The van der Waals surface area contributed by atoms with Gasteiger partial charge in [-0.2, -0.15) is 5.10 Å². The number of aromatic nitrogens is 3. The van der Waals surface area contributed by atoms with Gasteiger partial charge >= 0.3 is 0 Å². The lowest BCUT2D eigenvalue weighted by atomic mass is 10.2. The number of nitrogens with zero attached hydrogens (tertiary/aromatic N) is 3. The summed E-state index contributed by atoms with van der Waals surface area (Å²) in [6, 6.07) is 8.01. The fourth-order valence-corrected chi connectivity index (χ4v) is 3.68. The monoisotopic (exact) mass is 312 g/mol. The van der Waals surface area contributed by atoms with E-state index in [0.29, 0.717) is 17.4 Å². The SMILES string of the molecule is O=C(NC1CCCC1)c1cc2nccc(-c3cccs3)n2n1.